The smallest absolute Gasteiger partial charge is 0.416 e. The van der Waals surface area contributed by atoms with Gasteiger partial charge in [0.2, 0.25) is 5.91 Å². The van der Waals surface area contributed by atoms with Crippen LogP contribution in [0.5, 0.6) is 0 Å². The molecule has 0 radical (unpaired) electrons. The monoisotopic (exact) mass is 937 g/mol. The van der Waals surface area contributed by atoms with E-state index in [4.69, 9.17) is 25.4 Å². The third kappa shape index (κ3) is 13.2. The summed E-state index contributed by atoms with van der Waals surface area (Å²) in [5.41, 5.74) is 1.32. The van der Waals surface area contributed by atoms with E-state index in [1.54, 1.807) is 29.8 Å². The molecule has 0 aliphatic carbocycles. The van der Waals surface area contributed by atoms with Crippen LogP contribution in [0.3, 0.4) is 0 Å². The molecule has 0 spiro atoms. The Morgan fingerprint density at radius 2 is 1.31 bits per heavy atom. The van der Waals surface area contributed by atoms with Crippen LogP contribution in [0.25, 0.3) is 22.2 Å². The average Bonchev–Trinajstić information content (AvgIpc) is 3.32. The highest BCUT2D eigenvalue weighted by Gasteiger charge is 2.31. The summed E-state index contributed by atoms with van der Waals surface area (Å²) in [5.74, 6) is -4.88. The summed E-state index contributed by atoms with van der Waals surface area (Å²) in [6.07, 6.45) is -5.03. The highest BCUT2D eigenvalue weighted by molar-refractivity contribution is 5.83. The van der Waals surface area contributed by atoms with Gasteiger partial charge in [0.05, 0.1) is 10.9 Å². The lowest BCUT2D eigenvalue weighted by molar-refractivity contribution is -0.165. The molecule has 2 saturated heterocycles. The van der Waals surface area contributed by atoms with Gasteiger partial charge in [0, 0.05) is 59.3 Å². The number of pyridine rings is 1. The van der Waals surface area contributed by atoms with E-state index in [2.05, 4.69) is 19.7 Å². The number of fused-ring (bicyclic) bond motifs is 1. The second-order valence-corrected chi connectivity index (χ2v) is 16.5. The fraction of sp³-hybridized carbons (Fsp3) is 0.404. The predicted molar refractivity (Wildman–Crippen MR) is 237 cm³/mol. The Morgan fingerprint density at radius 1 is 0.731 bits per heavy atom. The number of amides is 1. The molecule has 0 saturated carbocycles. The molecule has 358 valence electrons. The first-order chi connectivity index (χ1) is 31.9. The van der Waals surface area contributed by atoms with E-state index in [1.165, 1.54) is 48.4 Å². The summed E-state index contributed by atoms with van der Waals surface area (Å²) in [6.45, 7) is 7.65. The van der Waals surface area contributed by atoms with Crippen molar-refractivity contribution in [3.63, 3.8) is 0 Å². The number of carboxylic acids is 2. The minimum absolute atomic E-state index is 0.0376. The lowest BCUT2D eigenvalue weighted by atomic mass is 10.0. The van der Waals surface area contributed by atoms with Crippen molar-refractivity contribution >= 4 is 34.7 Å². The van der Waals surface area contributed by atoms with E-state index >= 15 is 0 Å². The Labute approximate surface area is 382 Å². The van der Waals surface area contributed by atoms with Crippen LogP contribution in [0.4, 0.5) is 27.8 Å². The Kier molecular flexibility index (Phi) is 16.8. The van der Waals surface area contributed by atoms with Crippen LogP contribution in [0.15, 0.2) is 83.7 Å². The SMILES string of the molecule is CN(Cc1ccc(-c2ccc(C(F)(F)F)cc2)cc1)C(=O)Cn1c(CCc2cccc(F)c2F)nc(=O)c2ccc(N3CCN(CCN4CCCCC4)CC3)nc21.O=C(O)[C@H](O)[C@@H](O)C(=O)O. The summed E-state index contributed by atoms with van der Waals surface area (Å²) in [6, 6.07) is 19.6. The first-order valence-electron chi connectivity index (χ1n) is 21.7. The van der Waals surface area contributed by atoms with E-state index < -0.39 is 53.1 Å². The average molecular weight is 938 g/mol. The Bertz CT molecular complexity index is 2550. The number of aromatic nitrogens is 3. The number of aliphatic hydroxyl groups is 2. The number of piperidine rings is 1. The molecule has 2 aliphatic rings. The van der Waals surface area contributed by atoms with Gasteiger partial charge in [-0.05, 0) is 84.9 Å². The number of rotatable bonds is 15. The molecule has 2 aliphatic heterocycles. The summed E-state index contributed by atoms with van der Waals surface area (Å²) in [5, 5.41) is 32.8. The number of aliphatic hydroxyl groups excluding tert-OH is 2. The van der Waals surface area contributed by atoms with E-state index in [0.717, 1.165) is 81.7 Å². The van der Waals surface area contributed by atoms with Gasteiger partial charge in [0.15, 0.2) is 23.8 Å². The number of alkyl halides is 3. The number of carbonyl (C=O) groups excluding carboxylic acids is 1. The maximum atomic E-state index is 14.7. The number of anilines is 1. The molecule has 5 aromatic rings. The topological polar surface area (TPSA) is 193 Å². The number of nitrogens with zero attached hydrogens (tertiary/aromatic N) is 7. The molecular formula is C47H52F5N7O8. The maximum Gasteiger partial charge on any atom is 0.416 e. The number of piperazine rings is 1. The number of benzene rings is 3. The van der Waals surface area contributed by atoms with Gasteiger partial charge in [-0.2, -0.15) is 18.2 Å². The zero-order valence-corrected chi connectivity index (χ0v) is 36.7. The molecule has 0 bridgehead atoms. The minimum Gasteiger partial charge on any atom is -0.479 e. The van der Waals surface area contributed by atoms with Gasteiger partial charge in [-0.3, -0.25) is 14.5 Å². The Morgan fingerprint density at radius 3 is 1.90 bits per heavy atom. The van der Waals surface area contributed by atoms with E-state index in [1.807, 2.05) is 18.2 Å². The number of halogens is 5. The second-order valence-electron chi connectivity index (χ2n) is 16.5. The van der Waals surface area contributed by atoms with Crippen LogP contribution >= 0.6 is 0 Å². The van der Waals surface area contributed by atoms with Gasteiger partial charge in [0.1, 0.15) is 23.8 Å². The van der Waals surface area contributed by atoms with Crippen molar-refractivity contribution in [2.45, 2.75) is 63.6 Å². The third-order valence-corrected chi connectivity index (χ3v) is 11.9. The molecule has 4 N–H and O–H groups in total. The number of aryl methyl sites for hydroxylation is 2. The molecule has 2 atom stereocenters. The molecule has 4 heterocycles. The van der Waals surface area contributed by atoms with Gasteiger partial charge >= 0.3 is 18.1 Å². The van der Waals surface area contributed by atoms with Gasteiger partial charge in [-0.1, -0.05) is 55.0 Å². The molecule has 15 nitrogen and oxygen atoms in total. The fourth-order valence-electron chi connectivity index (χ4n) is 7.90. The van der Waals surface area contributed by atoms with Crippen molar-refractivity contribution in [3.8, 4) is 11.1 Å². The number of likely N-dealkylation sites (N-methyl/N-ethyl adjacent to an activating group) is 1. The number of hydrogen-bond donors (Lipinski definition) is 4. The molecule has 7 rings (SSSR count). The van der Waals surface area contributed by atoms with Crippen molar-refractivity contribution in [1.29, 1.82) is 0 Å². The third-order valence-electron chi connectivity index (χ3n) is 11.9. The van der Waals surface area contributed by atoms with Gasteiger partial charge in [-0.15, -0.1) is 0 Å². The van der Waals surface area contributed by atoms with Gasteiger partial charge in [-0.25, -0.2) is 23.4 Å². The zero-order valence-electron chi connectivity index (χ0n) is 36.7. The maximum absolute atomic E-state index is 14.7. The minimum atomic E-state index is -4.42. The summed E-state index contributed by atoms with van der Waals surface area (Å²) >= 11 is 0. The van der Waals surface area contributed by atoms with Gasteiger partial charge in [0.25, 0.3) is 5.56 Å². The van der Waals surface area contributed by atoms with Crippen LogP contribution in [-0.4, -0.2) is 139 Å². The van der Waals surface area contributed by atoms with E-state index in [-0.39, 0.29) is 54.3 Å². The first-order valence-corrected chi connectivity index (χ1v) is 21.7. The molecule has 2 fully saturated rings. The van der Waals surface area contributed by atoms with Crippen molar-refractivity contribution < 1.29 is 56.8 Å². The van der Waals surface area contributed by atoms with Crippen molar-refractivity contribution in [3.05, 3.63) is 123 Å². The van der Waals surface area contributed by atoms with E-state index in [9.17, 15) is 41.1 Å². The van der Waals surface area contributed by atoms with Crippen LogP contribution in [0.2, 0.25) is 0 Å². The molecular weight excluding hydrogens is 886 g/mol. The van der Waals surface area contributed by atoms with E-state index in [0.29, 0.717) is 11.4 Å². The van der Waals surface area contributed by atoms with Crippen LogP contribution < -0.4 is 10.5 Å². The number of likely N-dealkylation sites (tertiary alicyclic amines) is 1. The molecule has 20 heteroatoms. The quantitative estimate of drug-likeness (QED) is 0.106. The molecule has 1 amide bonds. The predicted octanol–water partition coefficient (Wildman–Crippen LogP) is 4.68. The lowest BCUT2D eigenvalue weighted by Crippen LogP contribution is -2.49. The zero-order chi connectivity index (χ0) is 48.4. The summed E-state index contributed by atoms with van der Waals surface area (Å²) in [7, 11) is 1.65. The molecule has 3 aromatic carbocycles. The Balaban J connectivity index is 0.000000664. The number of hydrogen-bond acceptors (Lipinski definition) is 11. The lowest BCUT2D eigenvalue weighted by Gasteiger charge is -2.37. The van der Waals surface area contributed by atoms with Crippen LogP contribution in [0.1, 0.15) is 41.8 Å². The number of carbonyl (C=O) groups is 3. The first kappa shape index (κ1) is 50.1. The van der Waals surface area contributed by atoms with Crippen LogP contribution in [-0.2, 0) is 46.5 Å². The number of carboxylic acid groups (broad SMARTS) is 2. The standard InChI is InChI=1S/C43H46F5N7O2.C4H6O6/c1-51(28-30-8-10-31(11-9-30)32-12-15-34(16-13-32)43(46,47)48)39(56)29-55-38(18-14-33-6-5-7-36(44)40(33)45)50-42(57)35-17-19-37(49-41(35)55)54-26-24-53(25-27-54)23-22-52-20-3-2-4-21-52;5-1(3(7)8)2(6)4(9)10/h5-13,15-17,19H,2-4,14,18,20-29H2,1H3;1-2,5-6H,(H,7,8)(H,9,10)/t;1-,2-/m.1/s1. The highest BCUT2D eigenvalue weighted by Crippen LogP contribution is 2.31. The van der Waals surface area contributed by atoms with Crippen molar-refractivity contribution in [1.82, 2.24) is 29.2 Å². The van der Waals surface area contributed by atoms with Crippen molar-refractivity contribution in [2.24, 2.45) is 0 Å². The molecule has 2 aromatic heterocycles. The molecule has 67 heavy (non-hydrogen) atoms. The molecule has 0 unspecified atom stereocenters. The normalized spacial score (nSPS) is 15.7. The van der Waals surface area contributed by atoms with Crippen LogP contribution in [0, 0.1) is 11.6 Å². The largest absolute Gasteiger partial charge is 0.479 e. The van der Waals surface area contributed by atoms with Crippen molar-refractivity contribution in [2.75, 3.05) is 64.3 Å². The van der Waals surface area contributed by atoms with Gasteiger partial charge < -0.3 is 39.7 Å². The highest BCUT2D eigenvalue weighted by atomic mass is 19.4. The Hall–Kier alpha value is -6.35. The summed E-state index contributed by atoms with van der Waals surface area (Å²) in [4.78, 5) is 64.9. The fourth-order valence-corrected chi connectivity index (χ4v) is 7.90. The number of aliphatic carboxylic acids is 2. The second kappa shape index (κ2) is 22.4. The summed E-state index contributed by atoms with van der Waals surface area (Å²) < 4.78 is 69.5.